The third kappa shape index (κ3) is 3.92. The number of nitrogens with one attached hydrogen (secondary N) is 1. The number of hydrogen-bond acceptors (Lipinski definition) is 6. The molecule has 0 aliphatic carbocycles. The molecule has 0 heterocycles. The van der Waals surface area contributed by atoms with E-state index in [-0.39, 0.29) is 22.7 Å². The number of aliphatic hydroxyl groups excluding tert-OH is 1. The first kappa shape index (κ1) is 16.4. The highest BCUT2D eigenvalue weighted by molar-refractivity contribution is 7.89. The average Bonchev–Trinajstić information content (AvgIpc) is 2.43. The molecule has 0 aromatic heterocycles. The fraction of sp³-hybridized carbons (Fsp3) is 0.417. The van der Waals surface area contributed by atoms with Gasteiger partial charge < -0.3 is 15.6 Å². The number of hydrogen-bond donors (Lipinski definition) is 3. The molecule has 112 valence electrons. The first-order valence-electron chi connectivity index (χ1n) is 5.97. The van der Waals surface area contributed by atoms with E-state index in [1.807, 2.05) is 0 Å². The smallest absolute Gasteiger partial charge is 0.337 e. The van der Waals surface area contributed by atoms with Crippen molar-refractivity contribution in [2.75, 3.05) is 19.4 Å². The number of sulfonamides is 1. The van der Waals surface area contributed by atoms with Crippen molar-refractivity contribution in [3.05, 3.63) is 23.8 Å². The van der Waals surface area contributed by atoms with Crippen molar-refractivity contribution in [3.63, 3.8) is 0 Å². The predicted molar refractivity (Wildman–Crippen MR) is 73.7 cm³/mol. The largest absolute Gasteiger partial charge is 0.465 e. The SMILES string of the molecule is CCC(O)CNS(=O)(=O)c1ccc(C(=O)OC)cc1N. The van der Waals surface area contributed by atoms with Gasteiger partial charge >= 0.3 is 5.97 Å². The van der Waals surface area contributed by atoms with Crippen LogP contribution in [0.4, 0.5) is 5.69 Å². The maximum absolute atomic E-state index is 12.0. The number of carbonyl (C=O) groups is 1. The van der Waals surface area contributed by atoms with E-state index in [9.17, 15) is 18.3 Å². The van der Waals surface area contributed by atoms with Crippen molar-refractivity contribution in [1.82, 2.24) is 4.72 Å². The number of rotatable bonds is 6. The van der Waals surface area contributed by atoms with Crippen molar-refractivity contribution < 1.29 is 23.1 Å². The Hall–Kier alpha value is -1.64. The van der Waals surface area contributed by atoms with E-state index in [1.165, 1.54) is 25.3 Å². The Bertz CT molecular complexity index is 586. The normalized spacial score (nSPS) is 12.9. The molecule has 8 heteroatoms. The minimum atomic E-state index is -3.83. The van der Waals surface area contributed by atoms with Gasteiger partial charge in [0, 0.05) is 6.54 Å². The Morgan fingerprint density at radius 1 is 1.50 bits per heavy atom. The van der Waals surface area contributed by atoms with E-state index in [0.29, 0.717) is 6.42 Å². The minimum absolute atomic E-state index is 0.0635. The Balaban J connectivity index is 2.99. The first-order valence-corrected chi connectivity index (χ1v) is 7.45. The number of anilines is 1. The molecular formula is C12H18N2O5S. The molecule has 0 saturated carbocycles. The lowest BCUT2D eigenvalue weighted by atomic mass is 10.2. The van der Waals surface area contributed by atoms with Crippen LogP contribution < -0.4 is 10.5 Å². The van der Waals surface area contributed by atoms with Crippen LogP contribution in [0.2, 0.25) is 0 Å². The molecule has 1 rings (SSSR count). The van der Waals surface area contributed by atoms with E-state index >= 15 is 0 Å². The van der Waals surface area contributed by atoms with Gasteiger partial charge in [0.25, 0.3) is 0 Å². The van der Waals surface area contributed by atoms with Gasteiger partial charge in [-0.1, -0.05) is 6.92 Å². The van der Waals surface area contributed by atoms with E-state index < -0.39 is 22.1 Å². The van der Waals surface area contributed by atoms with Crippen LogP contribution in [-0.2, 0) is 14.8 Å². The predicted octanol–water partition coefficient (Wildman–Crippen LogP) is 0.105. The molecule has 1 aromatic carbocycles. The zero-order valence-corrected chi connectivity index (χ0v) is 12.1. The highest BCUT2D eigenvalue weighted by Gasteiger charge is 2.19. The second-order valence-electron chi connectivity index (χ2n) is 4.16. The van der Waals surface area contributed by atoms with Crippen molar-refractivity contribution in [3.8, 4) is 0 Å². The van der Waals surface area contributed by atoms with Crippen molar-refractivity contribution in [2.45, 2.75) is 24.3 Å². The fourth-order valence-corrected chi connectivity index (χ4v) is 2.65. The third-order valence-electron chi connectivity index (χ3n) is 2.70. The summed E-state index contributed by atoms with van der Waals surface area (Å²) >= 11 is 0. The van der Waals surface area contributed by atoms with Gasteiger partial charge in [-0.25, -0.2) is 17.9 Å². The highest BCUT2D eigenvalue weighted by Crippen LogP contribution is 2.20. The highest BCUT2D eigenvalue weighted by atomic mass is 32.2. The topological polar surface area (TPSA) is 119 Å². The van der Waals surface area contributed by atoms with E-state index in [2.05, 4.69) is 9.46 Å². The van der Waals surface area contributed by atoms with Gasteiger partial charge in [-0.2, -0.15) is 0 Å². The Labute approximate surface area is 117 Å². The first-order chi connectivity index (χ1) is 9.31. The van der Waals surface area contributed by atoms with Crippen molar-refractivity contribution in [1.29, 1.82) is 0 Å². The van der Waals surface area contributed by atoms with Gasteiger partial charge in [0.2, 0.25) is 10.0 Å². The summed E-state index contributed by atoms with van der Waals surface area (Å²) in [6, 6.07) is 3.77. The van der Waals surface area contributed by atoms with Crippen LogP contribution in [-0.4, -0.2) is 39.3 Å². The van der Waals surface area contributed by atoms with Crippen LogP contribution in [0.3, 0.4) is 0 Å². The molecule has 1 unspecified atom stereocenters. The number of esters is 1. The van der Waals surface area contributed by atoms with Crippen LogP contribution in [0, 0.1) is 0 Å². The fourth-order valence-electron chi connectivity index (χ4n) is 1.47. The molecule has 7 nitrogen and oxygen atoms in total. The zero-order valence-electron chi connectivity index (χ0n) is 11.3. The van der Waals surface area contributed by atoms with Crippen LogP contribution in [0.25, 0.3) is 0 Å². The molecule has 0 fully saturated rings. The standard InChI is InChI=1S/C12H18N2O5S/c1-3-9(15)7-14-20(17,18)11-5-4-8(6-10(11)13)12(16)19-2/h4-6,9,14-15H,3,7,13H2,1-2H3. The lowest BCUT2D eigenvalue weighted by molar-refractivity contribution is 0.0600. The maximum Gasteiger partial charge on any atom is 0.337 e. The molecule has 0 aliphatic rings. The summed E-state index contributed by atoms with van der Waals surface area (Å²) in [6.45, 7) is 1.63. The Kier molecular flexibility index (Phi) is 5.49. The van der Waals surface area contributed by atoms with Crippen LogP contribution in [0.15, 0.2) is 23.1 Å². The summed E-state index contributed by atoms with van der Waals surface area (Å²) in [6.07, 6.45) is -0.334. The number of nitrogen functional groups attached to an aromatic ring is 1. The lowest BCUT2D eigenvalue weighted by Crippen LogP contribution is -2.32. The summed E-state index contributed by atoms with van der Waals surface area (Å²) in [5.41, 5.74) is 5.75. The molecule has 4 N–H and O–H groups in total. The number of nitrogens with two attached hydrogens (primary N) is 1. The molecule has 0 amide bonds. The van der Waals surface area contributed by atoms with E-state index in [0.717, 1.165) is 0 Å². The Morgan fingerprint density at radius 3 is 2.65 bits per heavy atom. The summed E-state index contributed by atoms with van der Waals surface area (Å²) in [5, 5.41) is 9.37. The van der Waals surface area contributed by atoms with Crippen LogP contribution in [0.1, 0.15) is 23.7 Å². The van der Waals surface area contributed by atoms with Gasteiger partial charge in [-0.3, -0.25) is 0 Å². The number of benzene rings is 1. The average molecular weight is 302 g/mol. The minimum Gasteiger partial charge on any atom is -0.465 e. The van der Waals surface area contributed by atoms with Crippen LogP contribution in [0.5, 0.6) is 0 Å². The quantitative estimate of drug-likeness (QED) is 0.507. The third-order valence-corrected chi connectivity index (χ3v) is 4.20. The van der Waals surface area contributed by atoms with Crippen molar-refractivity contribution >= 4 is 21.7 Å². The van der Waals surface area contributed by atoms with E-state index in [1.54, 1.807) is 6.92 Å². The lowest BCUT2D eigenvalue weighted by Gasteiger charge is -2.12. The number of methoxy groups -OCH3 is 1. The Morgan fingerprint density at radius 2 is 2.15 bits per heavy atom. The van der Waals surface area contributed by atoms with E-state index in [4.69, 9.17) is 5.73 Å². The second kappa shape index (κ2) is 6.69. The molecule has 1 aromatic rings. The summed E-state index contributed by atoms with van der Waals surface area (Å²) in [4.78, 5) is 11.2. The maximum atomic E-state index is 12.0. The number of aliphatic hydroxyl groups is 1. The molecule has 0 saturated heterocycles. The van der Waals surface area contributed by atoms with Gasteiger partial charge in [-0.05, 0) is 24.6 Å². The monoisotopic (exact) mass is 302 g/mol. The summed E-state index contributed by atoms with van der Waals surface area (Å²) < 4.78 is 30.8. The van der Waals surface area contributed by atoms with Gasteiger partial charge in [0.05, 0.1) is 24.5 Å². The van der Waals surface area contributed by atoms with Crippen LogP contribution >= 0.6 is 0 Å². The molecule has 20 heavy (non-hydrogen) atoms. The molecule has 0 spiro atoms. The molecule has 0 bridgehead atoms. The second-order valence-corrected chi connectivity index (χ2v) is 5.89. The number of carbonyl (C=O) groups excluding carboxylic acids is 1. The number of ether oxygens (including phenoxy) is 1. The van der Waals surface area contributed by atoms with Crippen molar-refractivity contribution in [2.24, 2.45) is 0 Å². The van der Waals surface area contributed by atoms with Gasteiger partial charge in [0.1, 0.15) is 4.90 Å². The molecular weight excluding hydrogens is 284 g/mol. The molecule has 0 radical (unpaired) electrons. The molecule has 0 aliphatic heterocycles. The molecule has 1 atom stereocenters. The zero-order chi connectivity index (χ0) is 15.3. The summed E-state index contributed by atoms with van der Waals surface area (Å²) in [5.74, 6) is -0.602. The summed E-state index contributed by atoms with van der Waals surface area (Å²) in [7, 11) is -2.61. The van der Waals surface area contributed by atoms with Gasteiger partial charge in [-0.15, -0.1) is 0 Å². The van der Waals surface area contributed by atoms with Gasteiger partial charge in [0.15, 0.2) is 0 Å².